The smallest absolute Gasteiger partial charge is 0.223 e. The SMILES string of the molecule is Cc1ccc(Cn2c(CNC(=O)C3CC3)nc3cccnc32)cc1. The topological polar surface area (TPSA) is 59.8 Å². The first-order chi connectivity index (χ1) is 11.7. The molecule has 122 valence electrons. The van der Waals surface area contributed by atoms with Crippen molar-refractivity contribution < 1.29 is 4.79 Å². The van der Waals surface area contributed by atoms with Crippen LogP contribution in [0, 0.1) is 12.8 Å². The Labute approximate surface area is 140 Å². The third-order valence-corrected chi connectivity index (χ3v) is 4.41. The molecule has 2 aromatic heterocycles. The molecular formula is C19H20N4O. The fraction of sp³-hybridized carbons (Fsp3) is 0.316. The first-order valence-corrected chi connectivity index (χ1v) is 8.34. The van der Waals surface area contributed by atoms with Gasteiger partial charge in [-0.1, -0.05) is 29.8 Å². The second-order valence-corrected chi connectivity index (χ2v) is 6.44. The molecule has 1 aliphatic rings. The maximum atomic E-state index is 11.9. The fourth-order valence-corrected chi connectivity index (χ4v) is 2.84. The minimum Gasteiger partial charge on any atom is -0.349 e. The van der Waals surface area contributed by atoms with E-state index in [2.05, 4.69) is 51.0 Å². The summed E-state index contributed by atoms with van der Waals surface area (Å²) in [6.45, 7) is 3.22. The highest BCUT2D eigenvalue weighted by atomic mass is 16.2. The number of benzene rings is 1. The van der Waals surface area contributed by atoms with E-state index in [9.17, 15) is 4.79 Å². The number of carbonyl (C=O) groups is 1. The highest BCUT2D eigenvalue weighted by Crippen LogP contribution is 2.28. The lowest BCUT2D eigenvalue weighted by Gasteiger charge is -2.10. The standard InChI is InChI=1S/C19H20N4O/c1-13-4-6-14(7-5-13)12-23-17(11-21-19(24)15-8-9-15)22-16-3-2-10-20-18(16)23/h2-7,10,15H,8-9,11-12H2,1H3,(H,21,24). The van der Waals surface area contributed by atoms with E-state index in [-0.39, 0.29) is 11.8 Å². The largest absolute Gasteiger partial charge is 0.349 e. The zero-order valence-corrected chi connectivity index (χ0v) is 13.7. The number of amides is 1. The zero-order valence-electron chi connectivity index (χ0n) is 13.7. The van der Waals surface area contributed by atoms with Gasteiger partial charge in [0, 0.05) is 12.1 Å². The predicted molar refractivity (Wildman–Crippen MR) is 92.4 cm³/mol. The van der Waals surface area contributed by atoms with E-state index in [4.69, 9.17) is 0 Å². The average Bonchev–Trinajstić information content (AvgIpc) is 3.39. The lowest BCUT2D eigenvalue weighted by Crippen LogP contribution is -2.26. The van der Waals surface area contributed by atoms with Crippen molar-refractivity contribution in [1.29, 1.82) is 0 Å². The number of pyridine rings is 1. The van der Waals surface area contributed by atoms with Crippen LogP contribution in [-0.2, 0) is 17.9 Å². The molecule has 5 nitrogen and oxygen atoms in total. The van der Waals surface area contributed by atoms with Gasteiger partial charge in [0.2, 0.25) is 5.91 Å². The monoisotopic (exact) mass is 320 g/mol. The molecule has 0 aliphatic heterocycles. The van der Waals surface area contributed by atoms with Crippen molar-refractivity contribution in [1.82, 2.24) is 19.9 Å². The van der Waals surface area contributed by atoms with Gasteiger partial charge in [-0.3, -0.25) is 4.79 Å². The third-order valence-electron chi connectivity index (χ3n) is 4.41. The Balaban J connectivity index is 1.64. The summed E-state index contributed by atoms with van der Waals surface area (Å²) in [5.41, 5.74) is 4.15. The molecule has 0 radical (unpaired) electrons. The van der Waals surface area contributed by atoms with E-state index in [1.54, 1.807) is 6.20 Å². The number of nitrogens with zero attached hydrogens (tertiary/aromatic N) is 3. The first kappa shape index (κ1) is 14.9. The van der Waals surface area contributed by atoms with Crippen molar-refractivity contribution in [2.75, 3.05) is 0 Å². The second kappa shape index (κ2) is 6.07. The summed E-state index contributed by atoms with van der Waals surface area (Å²) in [5, 5.41) is 3.01. The molecule has 0 spiro atoms. The van der Waals surface area contributed by atoms with Crippen molar-refractivity contribution in [3.63, 3.8) is 0 Å². The van der Waals surface area contributed by atoms with Crippen molar-refractivity contribution in [3.05, 3.63) is 59.5 Å². The van der Waals surface area contributed by atoms with Crippen LogP contribution in [0.5, 0.6) is 0 Å². The summed E-state index contributed by atoms with van der Waals surface area (Å²) in [5.74, 6) is 1.19. The van der Waals surface area contributed by atoms with Crippen LogP contribution in [0.2, 0.25) is 0 Å². The van der Waals surface area contributed by atoms with Crippen LogP contribution in [0.3, 0.4) is 0 Å². The number of carbonyl (C=O) groups excluding carboxylic acids is 1. The molecule has 4 rings (SSSR count). The molecule has 1 N–H and O–H groups in total. The van der Waals surface area contributed by atoms with Crippen LogP contribution in [0.25, 0.3) is 11.2 Å². The fourth-order valence-electron chi connectivity index (χ4n) is 2.84. The van der Waals surface area contributed by atoms with E-state index < -0.39 is 0 Å². The highest BCUT2D eigenvalue weighted by Gasteiger charge is 2.29. The van der Waals surface area contributed by atoms with E-state index in [1.165, 1.54) is 11.1 Å². The van der Waals surface area contributed by atoms with Gasteiger partial charge >= 0.3 is 0 Å². The average molecular weight is 320 g/mol. The van der Waals surface area contributed by atoms with Gasteiger partial charge in [-0.2, -0.15) is 0 Å². The van der Waals surface area contributed by atoms with Crippen LogP contribution in [0.1, 0.15) is 29.8 Å². The maximum Gasteiger partial charge on any atom is 0.223 e. The van der Waals surface area contributed by atoms with Gasteiger partial charge < -0.3 is 9.88 Å². The van der Waals surface area contributed by atoms with Crippen molar-refractivity contribution in [3.8, 4) is 0 Å². The number of nitrogens with one attached hydrogen (secondary N) is 1. The number of aromatic nitrogens is 3. The van der Waals surface area contributed by atoms with Gasteiger partial charge in [-0.15, -0.1) is 0 Å². The van der Waals surface area contributed by atoms with Crippen molar-refractivity contribution in [2.24, 2.45) is 5.92 Å². The molecule has 5 heteroatoms. The molecule has 0 saturated heterocycles. The number of imidazole rings is 1. The molecule has 1 aliphatic carbocycles. The van der Waals surface area contributed by atoms with E-state index in [0.29, 0.717) is 13.1 Å². The Morgan fingerprint density at radius 3 is 2.79 bits per heavy atom. The van der Waals surface area contributed by atoms with E-state index in [1.807, 2.05) is 12.1 Å². The summed E-state index contributed by atoms with van der Waals surface area (Å²) in [6, 6.07) is 12.3. The molecule has 0 bridgehead atoms. The van der Waals surface area contributed by atoms with Crippen LogP contribution in [-0.4, -0.2) is 20.4 Å². The van der Waals surface area contributed by atoms with Gasteiger partial charge in [0.1, 0.15) is 11.3 Å². The Hall–Kier alpha value is -2.69. The third kappa shape index (κ3) is 3.02. The molecular weight excluding hydrogens is 300 g/mol. The molecule has 1 amide bonds. The minimum atomic E-state index is 0.136. The van der Waals surface area contributed by atoms with Crippen molar-refractivity contribution in [2.45, 2.75) is 32.9 Å². The summed E-state index contributed by atoms with van der Waals surface area (Å²) < 4.78 is 2.09. The lowest BCUT2D eigenvalue weighted by molar-refractivity contribution is -0.122. The maximum absolute atomic E-state index is 11.9. The molecule has 2 heterocycles. The van der Waals surface area contributed by atoms with E-state index in [0.717, 1.165) is 29.8 Å². The molecule has 3 aromatic rings. The van der Waals surface area contributed by atoms with Crippen LogP contribution >= 0.6 is 0 Å². The van der Waals surface area contributed by atoms with Crippen molar-refractivity contribution >= 4 is 17.1 Å². The van der Waals surface area contributed by atoms with Gasteiger partial charge in [0.25, 0.3) is 0 Å². The van der Waals surface area contributed by atoms with Gasteiger partial charge in [-0.25, -0.2) is 9.97 Å². The molecule has 1 fully saturated rings. The van der Waals surface area contributed by atoms with E-state index >= 15 is 0 Å². The summed E-state index contributed by atoms with van der Waals surface area (Å²) in [4.78, 5) is 21.1. The summed E-state index contributed by atoms with van der Waals surface area (Å²) in [7, 11) is 0. The number of rotatable bonds is 5. The number of hydrogen-bond acceptors (Lipinski definition) is 3. The summed E-state index contributed by atoms with van der Waals surface area (Å²) >= 11 is 0. The second-order valence-electron chi connectivity index (χ2n) is 6.44. The van der Waals surface area contributed by atoms with Gasteiger partial charge in [0.05, 0.1) is 13.1 Å². The normalized spacial score (nSPS) is 14.0. The number of aryl methyl sites for hydroxylation is 1. The Morgan fingerprint density at radius 1 is 1.25 bits per heavy atom. The Bertz CT molecular complexity index is 878. The number of fused-ring (bicyclic) bond motifs is 1. The molecule has 0 unspecified atom stereocenters. The molecule has 1 saturated carbocycles. The van der Waals surface area contributed by atoms with Gasteiger partial charge in [-0.05, 0) is 37.5 Å². The zero-order chi connectivity index (χ0) is 16.5. The molecule has 0 atom stereocenters. The molecule has 24 heavy (non-hydrogen) atoms. The number of hydrogen-bond donors (Lipinski definition) is 1. The minimum absolute atomic E-state index is 0.136. The quantitative estimate of drug-likeness (QED) is 0.786. The summed E-state index contributed by atoms with van der Waals surface area (Å²) in [6.07, 6.45) is 3.79. The Kier molecular flexibility index (Phi) is 3.76. The first-order valence-electron chi connectivity index (χ1n) is 8.34. The molecule has 1 aromatic carbocycles. The predicted octanol–water partition coefficient (Wildman–Crippen LogP) is 2.81. The van der Waals surface area contributed by atoms with Crippen LogP contribution in [0.15, 0.2) is 42.6 Å². The lowest BCUT2D eigenvalue weighted by atomic mass is 10.1. The van der Waals surface area contributed by atoms with Crippen LogP contribution < -0.4 is 5.32 Å². The van der Waals surface area contributed by atoms with Crippen LogP contribution in [0.4, 0.5) is 0 Å². The Morgan fingerprint density at radius 2 is 2.04 bits per heavy atom. The highest BCUT2D eigenvalue weighted by molar-refractivity contribution is 5.80. The van der Waals surface area contributed by atoms with Gasteiger partial charge in [0.15, 0.2) is 5.65 Å².